The standard InChI is InChI=1S/C15H19N3O4/c1-22-14-5-3-2-4-13(14)17-15(21)12(10-16)11-18(6-8-19)7-9-20/h2-5,11,19-20H,6-9H2,1H3,(H,17,21)/b12-11-. The highest BCUT2D eigenvalue weighted by atomic mass is 16.5. The lowest BCUT2D eigenvalue weighted by Crippen LogP contribution is -2.26. The second-order valence-corrected chi connectivity index (χ2v) is 4.29. The largest absolute Gasteiger partial charge is 0.495 e. The molecule has 118 valence electrons. The number of carbonyl (C=O) groups is 1. The monoisotopic (exact) mass is 305 g/mol. The smallest absolute Gasteiger partial charge is 0.267 e. The van der Waals surface area contributed by atoms with Gasteiger partial charge in [0.1, 0.15) is 17.4 Å². The molecule has 1 aromatic carbocycles. The second-order valence-electron chi connectivity index (χ2n) is 4.29. The molecule has 0 aromatic heterocycles. The molecule has 7 heteroatoms. The minimum atomic E-state index is -0.590. The first-order chi connectivity index (χ1) is 10.7. The van der Waals surface area contributed by atoms with E-state index in [0.29, 0.717) is 11.4 Å². The van der Waals surface area contributed by atoms with Crippen LogP contribution in [0.1, 0.15) is 0 Å². The van der Waals surface area contributed by atoms with E-state index in [1.165, 1.54) is 18.2 Å². The van der Waals surface area contributed by atoms with E-state index in [-0.39, 0.29) is 31.9 Å². The number of anilines is 1. The van der Waals surface area contributed by atoms with Crippen LogP contribution in [0.5, 0.6) is 5.75 Å². The molecule has 0 saturated carbocycles. The second kappa shape index (κ2) is 9.39. The number of nitrogens with zero attached hydrogens (tertiary/aromatic N) is 2. The Hall–Kier alpha value is -2.56. The van der Waals surface area contributed by atoms with Crippen LogP contribution in [0.3, 0.4) is 0 Å². The van der Waals surface area contributed by atoms with Gasteiger partial charge in [-0.05, 0) is 12.1 Å². The summed E-state index contributed by atoms with van der Waals surface area (Å²) in [5, 5.41) is 29.6. The van der Waals surface area contributed by atoms with Gasteiger partial charge in [0.25, 0.3) is 5.91 Å². The predicted octanol–water partition coefficient (Wildman–Crippen LogP) is 0.328. The first-order valence-corrected chi connectivity index (χ1v) is 6.68. The third-order valence-corrected chi connectivity index (χ3v) is 2.81. The summed E-state index contributed by atoms with van der Waals surface area (Å²) < 4.78 is 5.12. The number of amides is 1. The normalized spacial score (nSPS) is 10.7. The summed E-state index contributed by atoms with van der Waals surface area (Å²) >= 11 is 0. The number of carbonyl (C=O) groups excluding carboxylic acids is 1. The fourth-order valence-electron chi connectivity index (χ4n) is 1.76. The maximum Gasteiger partial charge on any atom is 0.267 e. The molecule has 1 rings (SSSR count). The summed E-state index contributed by atoms with van der Waals surface area (Å²) in [4.78, 5) is 13.6. The number of para-hydroxylation sites is 2. The molecule has 3 N–H and O–H groups in total. The number of hydrogen-bond donors (Lipinski definition) is 3. The minimum Gasteiger partial charge on any atom is -0.495 e. The summed E-state index contributed by atoms with van der Waals surface area (Å²) in [5.41, 5.74) is 0.319. The molecule has 0 aliphatic heterocycles. The number of benzene rings is 1. The van der Waals surface area contributed by atoms with Crippen molar-refractivity contribution in [2.24, 2.45) is 0 Å². The van der Waals surface area contributed by atoms with Crippen LogP contribution in [0.25, 0.3) is 0 Å². The first-order valence-electron chi connectivity index (χ1n) is 6.68. The molecule has 22 heavy (non-hydrogen) atoms. The van der Waals surface area contributed by atoms with Gasteiger partial charge in [0, 0.05) is 19.3 Å². The van der Waals surface area contributed by atoms with Crippen molar-refractivity contribution in [3.05, 3.63) is 36.0 Å². The molecule has 0 atom stereocenters. The number of aliphatic hydroxyl groups is 2. The number of methoxy groups -OCH3 is 1. The molecule has 0 saturated heterocycles. The van der Waals surface area contributed by atoms with Gasteiger partial charge in [0.2, 0.25) is 0 Å². The highest BCUT2D eigenvalue weighted by molar-refractivity contribution is 6.07. The third kappa shape index (κ3) is 5.09. The molecule has 1 aromatic rings. The van der Waals surface area contributed by atoms with Crippen molar-refractivity contribution in [3.63, 3.8) is 0 Å². The summed E-state index contributed by atoms with van der Waals surface area (Å²) in [5.74, 6) is -0.108. The van der Waals surface area contributed by atoms with Gasteiger partial charge in [-0.2, -0.15) is 5.26 Å². The van der Waals surface area contributed by atoms with Gasteiger partial charge < -0.3 is 25.2 Å². The Balaban J connectivity index is 2.90. The van der Waals surface area contributed by atoms with E-state index in [2.05, 4.69) is 5.32 Å². The number of hydrogen-bond acceptors (Lipinski definition) is 6. The van der Waals surface area contributed by atoms with Gasteiger partial charge in [-0.1, -0.05) is 12.1 Å². The Bertz CT molecular complexity index is 560. The lowest BCUT2D eigenvalue weighted by Gasteiger charge is -2.18. The number of nitriles is 1. The van der Waals surface area contributed by atoms with E-state index in [1.54, 1.807) is 24.3 Å². The highest BCUT2D eigenvalue weighted by Crippen LogP contribution is 2.23. The SMILES string of the molecule is COc1ccccc1NC(=O)/C(C#N)=C\N(CCO)CCO. The molecule has 0 unspecified atom stereocenters. The van der Waals surface area contributed by atoms with Crippen LogP contribution in [-0.4, -0.2) is 54.4 Å². The fourth-order valence-corrected chi connectivity index (χ4v) is 1.76. The molecule has 0 aliphatic rings. The van der Waals surface area contributed by atoms with Gasteiger partial charge in [0.05, 0.1) is 26.0 Å². The molecule has 0 bridgehead atoms. The zero-order valence-corrected chi connectivity index (χ0v) is 12.3. The highest BCUT2D eigenvalue weighted by Gasteiger charge is 2.13. The van der Waals surface area contributed by atoms with E-state index in [1.807, 2.05) is 6.07 Å². The molecule has 0 aliphatic carbocycles. The van der Waals surface area contributed by atoms with Gasteiger partial charge in [0.15, 0.2) is 0 Å². The molecule has 0 radical (unpaired) electrons. The third-order valence-electron chi connectivity index (χ3n) is 2.81. The predicted molar refractivity (Wildman–Crippen MR) is 81.1 cm³/mol. The number of nitrogens with one attached hydrogen (secondary N) is 1. The van der Waals surface area contributed by atoms with Crippen molar-refractivity contribution in [1.82, 2.24) is 4.90 Å². The lowest BCUT2D eigenvalue weighted by atomic mass is 10.2. The average Bonchev–Trinajstić information content (AvgIpc) is 2.53. The molecule has 0 heterocycles. The Kier molecular flexibility index (Phi) is 7.47. The van der Waals surface area contributed by atoms with Crippen molar-refractivity contribution in [3.8, 4) is 11.8 Å². The summed E-state index contributed by atoms with van der Waals surface area (Å²) in [6.45, 7) is 0.133. The van der Waals surface area contributed by atoms with Crippen LogP contribution in [0.15, 0.2) is 36.0 Å². The molecule has 1 amide bonds. The Labute approximate surface area is 129 Å². The number of rotatable bonds is 8. The molecular formula is C15H19N3O4. The molecular weight excluding hydrogens is 286 g/mol. The minimum absolute atomic E-state index is 0.132. The van der Waals surface area contributed by atoms with E-state index < -0.39 is 5.91 Å². The zero-order chi connectivity index (χ0) is 16.4. The van der Waals surface area contributed by atoms with Gasteiger partial charge in [-0.15, -0.1) is 0 Å². The summed E-state index contributed by atoms with van der Waals surface area (Å²) in [6, 6.07) is 8.66. The fraction of sp³-hybridized carbons (Fsp3) is 0.333. The summed E-state index contributed by atoms with van der Waals surface area (Å²) in [6.07, 6.45) is 1.32. The van der Waals surface area contributed by atoms with Crippen LogP contribution in [0.4, 0.5) is 5.69 Å². The van der Waals surface area contributed by atoms with Gasteiger partial charge in [-0.3, -0.25) is 4.79 Å². The van der Waals surface area contributed by atoms with Gasteiger partial charge >= 0.3 is 0 Å². The van der Waals surface area contributed by atoms with Crippen molar-refractivity contribution in [2.75, 3.05) is 38.7 Å². The topological polar surface area (TPSA) is 106 Å². The van der Waals surface area contributed by atoms with Crippen LogP contribution >= 0.6 is 0 Å². The Morgan fingerprint density at radius 3 is 2.55 bits per heavy atom. The van der Waals surface area contributed by atoms with Crippen LogP contribution in [-0.2, 0) is 4.79 Å². The van der Waals surface area contributed by atoms with Crippen molar-refractivity contribution in [2.45, 2.75) is 0 Å². The Morgan fingerprint density at radius 2 is 2.00 bits per heavy atom. The first kappa shape index (κ1) is 17.5. The quantitative estimate of drug-likeness (QED) is 0.472. The van der Waals surface area contributed by atoms with E-state index in [0.717, 1.165) is 0 Å². The summed E-state index contributed by atoms with van der Waals surface area (Å²) in [7, 11) is 1.48. The van der Waals surface area contributed by atoms with Gasteiger partial charge in [-0.25, -0.2) is 0 Å². The van der Waals surface area contributed by atoms with Crippen LogP contribution in [0, 0.1) is 11.3 Å². The maximum absolute atomic E-state index is 12.1. The Morgan fingerprint density at radius 1 is 1.36 bits per heavy atom. The van der Waals surface area contributed by atoms with Crippen molar-refractivity contribution >= 4 is 11.6 Å². The van der Waals surface area contributed by atoms with Crippen LogP contribution < -0.4 is 10.1 Å². The van der Waals surface area contributed by atoms with E-state index in [9.17, 15) is 4.79 Å². The maximum atomic E-state index is 12.1. The number of ether oxygens (including phenoxy) is 1. The molecule has 7 nitrogen and oxygen atoms in total. The van der Waals surface area contributed by atoms with Crippen molar-refractivity contribution in [1.29, 1.82) is 5.26 Å². The molecule has 0 fully saturated rings. The zero-order valence-electron chi connectivity index (χ0n) is 12.3. The molecule has 0 spiro atoms. The van der Waals surface area contributed by atoms with Crippen LogP contribution in [0.2, 0.25) is 0 Å². The average molecular weight is 305 g/mol. The van der Waals surface area contributed by atoms with Crippen molar-refractivity contribution < 1.29 is 19.7 Å². The lowest BCUT2D eigenvalue weighted by molar-refractivity contribution is -0.112. The number of aliphatic hydroxyl groups excluding tert-OH is 2. The van der Waals surface area contributed by atoms with E-state index >= 15 is 0 Å². The van der Waals surface area contributed by atoms with E-state index in [4.69, 9.17) is 20.2 Å².